The van der Waals surface area contributed by atoms with E-state index in [-0.39, 0.29) is 41.2 Å². The highest BCUT2D eigenvalue weighted by molar-refractivity contribution is 14.0. The van der Waals surface area contributed by atoms with Crippen LogP contribution in [0.15, 0.2) is 58.4 Å². The van der Waals surface area contributed by atoms with Crippen LogP contribution in [0, 0.1) is 5.82 Å². The van der Waals surface area contributed by atoms with Crippen LogP contribution in [0.5, 0.6) is 5.75 Å². The number of methoxy groups -OCH3 is 1. The van der Waals surface area contributed by atoms with Crippen molar-refractivity contribution in [2.45, 2.75) is 11.4 Å². The molecule has 148 valence electrons. The SMILES string of the molecule is CN=C(NCCS(=O)(=O)c1ccccc1F)NCc1ccc(OC)cc1.I. The third kappa shape index (κ3) is 6.98. The van der Waals surface area contributed by atoms with Crippen molar-refractivity contribution in [1.82, 2.24) is 10.6 Å². The highest BCUT2D eigenvalue weighted by Gasteiger charge is 2.18. The summed E-state index contributed by atoms with van der Waals surface area (Å²) in [6, 6.07) is 12.9. The number of halogens is 2. The fourth-order valence-electron chi connectivity index (χ4n) is 2.26. The summed E-state index contributed by atoms with van der Waals surface area (Å²) in [6.07, 6.45) is 0. The Hall–Kier alpha value is -1.88. The molecular formula is C18H23FIN3O3S. The quantitative estimate of drug-likeness (QED) is 0.342. The summed E-state index contributed by atoms with van der Waals surface area (Å²) < 4.78 is 43.2. The molecule has 6 nitrogen and oxygen atoms in total. The minimum atomic E-state index is -3.70. The Labute approximate surface area is 176 Å². The van der Waals surface area contributed by atoms with Crippen molar-refractivity contribution >= 4 is 39.8 Å². The molecule has 0 aliphatic carbocycles. The molecule has 0 aromatic heterocycles. The van der Waals surface area contributed by atoms with E-state index in [0.29, 0.717) is 12.5 Å². The largest absolute Gasteiger partial charge is 0.497 e. The number of benzene rings is 2. The van der Waals surface area contributed by atoms with Gasteiger partial charge < -0.3 is 15.4 Å². The molecular weight excluding hydrogens is 484 g/mol. The summed E-state index contributed by atoms with van der Waals surface area (Å²) >= 11 is 0. The maximum atomic E-state index is 13.7. The third-order valence-corrected chi connectivity index (χ3v) is 5.42. The van der Waals surface area contributed by atoms with Crippen molar-refractivity contribution in [3.8, 4) is 5.75 Å². The molecule has 0 aliphatic rings. The number of sulfone groups is 1. The first-order valence-electron chi connectivity index (χ1n) is 8.01. The van der Waals surface area contributed by atoms with Gasteiger partial charge in [0.15, 0.2) is 15.8 Å². The summed E-state index contributed by atoms with van der Waals surface area (Å²) in [6.45, 7) is 0.628. The zero-order valence-electron chi connectivity index (χ0n) is 15.1. The van der Waals surface area contributed by atoms with Crippen LogP contribution < -0.4 is 15.4 Å². The summed E-state index contributed by atoms with van der Waals surface area (Å²) in [4.78, 5) is 3.76. The average molecular weight is 507 g/mol. The van der Waals surface area contributed by atoms with Gasteiger partial charge in [0, 0.05) is 20.1 Å². The van der Waals surface area contributed by atoms with E-state index in [4.69, 9.17) is 4.74 Å². The first-order chi connectivity index (χ1) is 12.5. The van der Waals surface area contributed by atoms with Crippen LogP contribution in [0.2, 0.25) is 0 Å². The number of hydrogen-bond donors (Lipinski definition) is 2. The number of aliphatic imine (C=N–C) groups is 1. The number of rotatable bonds is 7. The van der Waals surface area contributed by atoms with E-state index < -0.39 is 15.7 Å². The highest BCUT2D eigenvalue weighted by Crippen LogP contribution is 2.14. The summed E-state index contributed by atoms with van der Waals surface area (Å²) in [5, 5.41) is 6.01. The van der Waals surface area contributed by atoms with Gasteiger partial charge in [0.2, 0.25) is 0 Å². The number of ether oxygens (including phenoxy) is 1. The predicted octanol–water partition coefficient (Wildman–Crippen LogP) is 2.59. The summed E-state index contributed by atoms with van der Waals surface area (Å²) in [7, 11) is -0.506. The van der Waals surface area contributed by atoms with Crippen LogP contribution in [0.25, 0.3) is 0 Å². The Morgan fingerprint density at radius 3 is 2.37 bits per heavy atom. The van der Waals surface area contributed by atoms with Crippen molar-refractivity contribution in [3.63, 3.8) is 0 Å². The lowest BCUT2D eigenvalue weighted by Crippen LogP contribution is -2.39. The Bertz CT molecular complexity index is 858. The Balaban J connectivity index is 0.00000364. The second kappa shape index (κ2) is 11.1. The van der Waals surface area contributed by atoms with Gasteiger partial charge in [-0.15, -0.1) is 24.0 Å². The topological polar surface area (TPSA) is 79.8 Å². The van der Waals surface area contributed by atoms with Crippen molar-refractivity contribution in [1.29, 1.82) is 0 Å². The van der Waals surface area contributed by atoms with Gasteiger partial charge in [-0.25, -0.2) is 12.8 Å². The minimum Gasteiger partial charge on any atom is -0.497 e. The van der Waals surface area contributed by atoms with Gasteiger partial charge in [-0.2, -0.15) is 0 Å². The van der Waals surface area contributed by atoms with Gasteiger partial charge in [-0.1, -0.05) is 24.3 Å². The molecule has 0 radical (unpaired) electrons. The molecule has 0 spiro atoms. The molecule has 0 saturated heterocycles. The molecule has 0 unspecified atom stereocenters. The van der Waals surface area contributed by atoms with E-state index in [1.165, 1.54) is 18.2 Å². The van der Waals surface area contributed by atoms with Crippen molar-refractivity contribution in [2.75, 3.05) is 26.5 Å². The fraction of sp³-hybridized carbons (Fsp3) is 0.278. The highest BCUT2D eigenvalue weighted by atomic mass is 127. The molecule has 27 heavy (non-hydrogen) atoms. The monoisotopic (exact) mass is 507 g/mol. The molecule has 0 fully saturated rings. The number of hydrogen-bond acceptors (Lipinski definition) is 4. The first kappa shape index (κ1) is 23.2. The van der Waals surface area contributed by atoms with Crippen LogP contribution in [0.3, 0.4) is 0 Å². The maximum absolute atomic E-state index is 13.7. The molecule has 0 bridgehead atoms. The lowest BCUT2D eigenvalue weighted by Gasteiger charge is -2.12. The molecule has 2 aromatic carbocycles. The van der Waals surface area contributed by atoms with E-state index in [9.17, 15) is 12.8 Å². The molecule has 0 amide bonds. The van der Waals surface area contributed by atoms with Gasteiger partial charge in [0.25, 0.3) is 0 Å². The minimum absolute atomic E-state index is 0. The van der Waals surface area contributed by atoms with Gasteiger partial charge >= 0.3 is 0 Å². The number of nitrogens with one attached hydrogen (secondary N) is 2. The number of guanidine groups is 1. The van der Waals surface area contributed by atoms with E-state index in [1.807, 2.05) is 24.3 Å². The van der Waals surface area contributed by atoms with Gasteiger partial charge in [0.05, 0.1) is 12.9 Å². The fourth-order valence-corrected chi connectivity index (χ4v) is 3.50. The van der Waals surface area contributed by atoms with E-state index >= 15 is 0 Å². The summed E-state index contributed by atoms with van der Waals surface area (Å²) in [5.74, 6) is 0.255. The van der Waals surface area contributed by atoms with Gasteiger partial charge in [-0.3, -0.25) is 4.99 Å². The van der Waals surface area contributed by atoms with Gasteiger partial charge in [0.1, 0.15) is 16.5 Å². The van der Waals surface area contributed by atoms with Crippen LogP contribution in [-0.4, -0.2) is 40.8 Å². The molecule has 2 aromatic rings. The van der Waals surface area contributed by atoms with Crippen LogP contribution in [0.4, 0.5) is 4.39 Å². The zero-order chi connectivity index (χ0) is 19.0. The van der Waals surface area contributed by atoms with Crippen molar-refractivity contribution in [3.05, 3.63) is 59.9 Å². The first-order valence-corrected chi connectivity index (χ1v) is 9.66. The molecule has 0 saturated carbocycles. The lowest BCUT2D eigenvalue weighted by atomic mass is 10.2. The molecule has 9 heteroatoms. The lowest BCUT2D eigenvalue weighted by molar-refractivity contribution is 0.414. The maximum Gasteiger partial charge on any atom is 0.191 e. The molecule has 2 N–H and O–H groups in total. The van der Waals surface area contributed by atoms with E-state index in [0.717, 1.165) is 17.4 Å². The molecule has 0 aliphatic heterocycles. The molecule has 2 rings (SSSR count). The van der Waals surface area contributed by atoms with Crippen LogP contribution >= 0.6 is 24.0 Å². The Morgan fingerprint density at radius 2 is 1.78 bits per heavy atom. The third-order valence-electron chi connectivity index (χ3n) is 3.68. The summed E-state index contributed by atoms with van der Waals surface area (Å²) in [5.41, 5.74) is 1.02. The number of nitrogens with zero attached hydrogens (tertiary/aromatic N) is 1. The molecule has 0 atom stereocenters. The van der Waals surface area contributed by atoms with Crippen LogP contribution in [-0.2, 0) is 16.4 Å². The van der Waals surface area contributed by atoms with E-state index in [2.05, 4.69) is 15.6 Å². The smallest absolute Gasteiger partial charge is 0.191 e. The van der Waals surface area contributed by atoms with Crippen molar-refractivity contribution < 1.29 is 17.5 Å². The second-order valence-corrected chi connectivity index (χ2v) is 7.53. The Kier molecular flexibility index (Phi) is 9.50. The van der Waals surface area contributed by atoms with Gasteiger partial charge in [-0.05, 0) is 29.8 Å². The zero-order valence-corrected chi connectivity index (χ0v) is 18.3. The van der Waals surface area contributed by atoms with Crippen LogP contribution in [0.1, 0.15) is 5.56 Å². The normalized spacial score (nSPS) is 11.4. The van der Waals surface area contributed by atoms with Crippen molar-refractivity contribution in [2.24, 2.45) is 4.99 Å². The van der Waals surface area contributed by atoms with E-state index in [1.54, 1.807) is 14.2 Å². The standard InChI is InChI=1S/C18H22FN3O3S.HI/c1-20-18(22-13-14-7-9-15(25-2)10-8-14)21-11-12-26(23,24)17-6-4-3-5-16(17)19;/h3-10H,11-13H2,1-2H3,(H2,20,21,22);1H. The second-order valence-electron chi connectivity index (χ2n) is 5.45. The average Bonchev–Trinajstić information content (AvgIpc) is 2.65. The molecule has 0 heterocycles. The Morgan fingerprint density at radius 1 is 1.11 bits per heavy atom. The predicted molar refractivity (Wildman–Crippen MR) is 115 cm³/mol.